The fourth-order valence-electron chi connectivity index (χ4n) is 4.72. The Morgan fingerprint density at radius 1 is 1.23 bits per heavy atom. The first-order chi connectivity index (χ1) is 19.0. The van der Waals surface area contributed by atoms with Gasteiger partial charge in [0.05, 0.1) is 23.6 Å². The molecule has 5 rings (SSSR count). The average Bonchev–Trinajstić information content (AvgIpc) is 3.63. The highest BCUT2D eigenvalue weighted by atomic mass is 32.2. The number of hydrogen-bond acceptors (Lipinski definition) is 10. The topological polar surface area (TPSA) is 147 Å². The first-order valence-electron chi connectivity index (χ1n) is 12.9. The minimum Gasteiger partial charge on any atom is -0.353 e. The predicted octanol–water partition coefficient (Wildman–Crippen LogP) is 4.72. The number of benzene rings is 1. The predicted molar refractivity (Wildman–Crippen MR) is 138 cm³/mol. The van der Waals surface area contributed by atoms with Crippen LogP contribution in [0.2, 0.25) is 0 Å². The summed E-state index contributed by atoms with van der Waals surface area (Å²) < 4.78 is 27.7. The van der Waals surface area contributed by atoms with Gasteiger partial charge >= 0.3 is 0 Å². The van der Waals surface area contributed by atoms with E-state index in [1.165, 1.54) is 22.9 Å². The van der Waals surface area contributed by atoms with Gasteiger partial charge in [0, 0.05) is 29.8 Å². The largest absolute Gasteiger partial charge is 0.353 e. The summed E-state index contributed by atoms with van der Waals surface area (Å²) in [6, 6.07) is 5.26. The molecular formula is C25H28FN7O5S. The van der Waals surface area contributed by atoms with E-state index in [9.17, 15) is 19.3 Å². The summed E-state index contributed by atoms with van der Waals surface area (Å²) in [4.78, 5) is 28.5. The monoisotopic (exact) mass is 557 g/mol. The molecule has 14 heteroatoms. The maximum Gasteiger partial charge on any atom is 0.270 e. The van der Waals surface area contributed by atoms with Crippen LogP contribution < -0.4 is 5.32 Å². The highest BCUT2D eigenvalue weighted by Gasteiger charge is 2.23. The number of nitro benzene ring substituents is 1. The van der Waals surface area contributed by atoms with Crippen molar-refractivity contribution in [2.75, 3.05) is 18.5 Å². The van der Waals surface area contributed by atoms with Crippen LogP contribution in [-0.2, 0) is 16.0 Å². The number of aromatic nitrogens is 5. The highest BCUT2D eigenvalue weighted by molar-refractivity contribution is 7.99. The van der Waals surface area contributed by atoms with Crippen LogP contribution in [0.5, 0.6) is 0 Å². The van der Waals surface area contributed by atoms with E-state index in [4.69, 9.17) is 9.47 Å². The number of nitro groups is 1. The molecule has 0 radical (unpaired) electrons. The van der Waals surface area contributed by atoms with Gasteiger partial charge in [-0.3, -0.25) is 14.9 Å². The number of carbonyl (C=O) groups is 1. The molecule has 0 bridgehead atoms. The number of non-ortho nitro benzene ring substituents is 1. The van der Waals surface area contributed by atoms with Crippen LogP contribution in [0.25, 0.3) is 0 Å². The Morgan fingerprint density at radius 3 is 2.79 bits per heavy atom. The summed E-state index contributed by atoms with van der Waals surface area (Å²) in [5, 5.41) is 25.9. The lowest BCUT2D eigenvalue weighted by Crippen LogP contribution is -2.24. The Labute approximate surface area is 227 Å². The van der Waals surface area contributed by atoms with Crippen LogP contribution in [0, 0.1) is 15.9 Å². The second-order valence-corrected chi connectivity index (χ2v) is 10.4. The van der Waals surface area contributed by atoms with Gasteiger partial charge < -0.3 is 14.8 Å². The van der Waals surface area contributed by atoms with Crippen molar-refractivity contribution in [2.24, 2.45) is 0 Å². The Morgan fingerprint density at radius 2 is 2.05 bits per heavy atom. The molecule has 3 heterocycles. The molecule has 1 N–H and O–H groups in total. The molecule has 1 aliphatic heterocycles. The molecule has 2 fully saturated rings. The van der Waals surface area contributed by atoms with Crippen LogP contribution in [0.4, 0.5) is 15.9 Å². The van der Waals surface area contributed by atoms with Crippen molar-refractivity contribution < 1.29 is 23.6 Å². The van der Waals surface area contributed by atoms with Gasteiger partial charge in [-0.25, -0.2) is 14.1 Å². The normalized spacial score (nSPS) is 17.8. The number of tetrazole rings is 1. The fourth-order valence-corrected chi connectivity index (χ4v) is 5.63. The number of hydrogen-bond donors (Lipinski definition) is 1. The number of carbonyl (C=O) groups excluding carboxylic acids is 1. The van der Waals surface area contributed by atoms with E-state index in [0.29, 0.717) is 29.8 Å². The van der Waals surface area contributed by atoms with Crippen LogP contribution in [0.3, 0.4) is 0 Å². The van der Waals surface area contributed by atoms with Crippen molar-refractivity contribution in [3.8, 4) is 0 Å². The number of amides is 1. The first-order valence-corrected chi connectivity index (χ1v) is 13.7. The number of rotatable bonds is 10. The molecule has 1 aromatic carbocycles. The third kappa shape index (κ3) is 6.75. The standard InChI is InChI=1S/C25H28FN7O5S/c26-20-13-17(16-5-1-2-6-16)15-27-23(20)28-24(34)19-14-18(33(35)36)8-9-21(19)39-25-29-30-31-32(25)10-12-38-22-7-3-4-11-37-22/h8-9,13-16,22H,1-7,10-12H2,(H,27,28,34). The molecule has 1 aliphatic carbocycles. The Kier molecular flexibility index (Phi) is 8.74. The molecule has 3 aromatic rings. The molecule has 1 unspecified atom stereocenters. The summed E-state index contributed by atoms with van der Waals surface area (Å²) in [5.74, 6) is -1.37. The summed E-state index contributed by atoms with van der Waals surface area (Å²) in [5.41, 5.74) is 0.493. The minimum atomic E-state index is -0.738. The average molecular weight is 558 g/mol. The molecule has 2 aromatic heterocycles. The second kappa shape index (κ2) is 12.6. The Balaban J connectivity index is 1.31. The quantitative estimate of drug-likeness (QED) is 0.274. The zero-order valence-electron chi connectivity index (χ0n) is 21.1. The van der Waals surface area contributed by atoms with Crippen LogP contribution in [0.1, 0.15) is 66.8 Å². The minimum absolute atomic E-state index is 0.0309. The number of ether oxygens (including phenoxy) is 2. The van der Waals surface area contributed by atoms with Crippen molar-refractivity contribution in [3.63, 3.8) is 0 Å². The summed E-state index contributed by atoms with van der Waals surface area (Å²) >= 11 is 1.06. The molecule has 0 spiro atoms. The molecule has 2 aliphatic rings. The van der Waals surface area contributed by atoms with Gasteiger partial charge in [0.15, 0.2) is 17.9 Å². The summed E-state index contributed by atoms with van der Waals surface area (Å²) in [6.07, 6.45) is 8.40. The van der Waals surface area contributed by atoms with E-state index >= 15 is 0 Å². The van der Waals surface area contributed by atoms with E-state index in [2.05, 4.69) is 25.8 Å². The fraction of sp³-hybridized carbons (Fsp3) is 0.480. The number of nitrogens with one attached hydrogen (secondary N) is 1. The number of anilines is 1. The van der Waals surface area contributed by atoms with Crippen molar-refractivity contribution >= 4 is 29.2 Å². The molecule has 39 heavy (non-hydrogen) atoms. The summed E-state index contributed by atoms with van der Waals surface area (Å²) in [7, 11) is 0. The zero-order valence-corrected chi connectivity index (χ0v) is 21.9. The lowest BCUT2D eigenvalue weighted by Gasteiger charge is -2.22. The maximum absolute atomic E-state index is 14.9. The van der Waals surface area contributed by atoms with E-state index in [-0.39, 0.29) is 29.3 Å². The van der Waals surface area contributed by atoms with Crippen molar-refractivity contribution in [2.45, 2.75) is 73.8 Å². The molecule has 1 atom stereocenters. The molecular weight excluding hydrogens is 529 g/mol. The van der Waals surface area contributed by atoms with E-state index in [1.54, 1.807) is 6.20 Å². The van der Waals surface area contributed by atoms with Gasteiger partial charge in [0.25, 0.3) is 11.6 Å². The van der Waals surface area contributed by atoms with Crippen molar-refractivity contribution in [1.29, 1.82) is 0 Å². The van der Waals surface area contributed by atoms with Gasteiger partial charge in [-0.2, -0.15) is 0 Å². The summed E-state index contributed by atoms with van der Waals surface area (Å²) in [6.45, 7) is 1.33. The number of pyridine rings is 1. The van der Waals surface area contributed by atoms with E-state index in [0.717, 1.165) is 68.3 Å². The van der Waals surface area contributed by atoms with Gasteiger partial charge in [-0.05, 0) is 77.9 Å². The maximum atomic E-state index is 14.9. The zero-order chi connectivity index (χ0) is 27.2. The molecule has 1 saturated heterocycles. The van der Waals surface area contributed by atoms with Crippen molar-refractivity contribution in [3.05, 3.63) is 57.5 Å². The lowest BCUT2D eigenvalue weighted by atomic mass is 9.99. The molecule has 1 saturated carbocycles. The van der Waals surface area contributed by atoms with Gasteiger partial charge in [-0.1, -0.05) is 12.8 Å². The van der Waals surface area contributed by atoms with Crippen LogP contribution in [0.15, 0.2) is 40.5 Å². The smallest absolute Gasteiger partial charge is 0.270 e. The lowest BCUT2D eigenvalue weighted by molar-refractivity contribution is -0.384. The van der Waals surface area contributed by atoms with Gasteiger partial charge in [-0.15, -0.1) is 5.10 Å². The number of halogens is 1. The van der Waals surface area contributed by atoms with Crippen LogP contribution in [-0.4, -0.2) is 55.5 Å². The molecule has 206 valence electrons. The third-order valence-electron chi connectivity index (χ3n) is 6.78. The number of nitrogens with zero attached hydrogens (tertiary/aromatic N) is 6. The molecule has 1 amide bonds. The molecule has 12 nitrogen and oxygen atoms in total. The Bertz CT molecular complexity index is 1330. The second-order valence-electron chi connectivity index (χ2n) is 9.43. The van der Waals surface area contributed by atoms with Gasteiger partial charge in [0.2, 0.25) is 5.16 Å². The van der Waals surface area contributed by atoms with Gasteiger partial charge in [0.1, 0.15) is 0 Å². The van der Waals surface area contributed by atoms with E-state index < -0.39 is 16.6 Å². The first kappa shape index (κ1) is 27.1. The van der Waals surface area contributed by atoms with Crippen molar-refractivity contribution in [1.82, 2.24) is 25.2 Å². The third-order valence-corrected chi connectivity index (χ3v) is 7.84. The Hall–Kier alpha value is -3.49. The van der Waals surface area contributed by atoms with E-state index in [1.807, 2.05) is 0 Å². The van der Waals surface area contributed by atoms with Crippen LogP contribution >= 0.6 is 11.8 Å². The highest BCUT2D eigenvalue weighted by Crippen LogP contribution is 2.35. The SMILES string of the molecule is O=C(Nc1ncc(C2CCCC2)cc1F)c1cc([N+](=O)[O-])ccc1Sc1nnnn1CCOC1CCCCO1.